The summed E-state index contributed by atoms with van der Waals surface area (Å²) in [6, 6.07) is 7.05. The lowest BCUT2D eigenvalue weighted by atomic mass is 10.1. The molecule has 0 bridgehead atoms. The molecule has 0 aliphatic carbocycles. The van der Waals surface area contributed by atoms with Gasteiger partial charge in [-0.25, -0.2) is 0 Å². The van der Waals surface area contributed by atoms with E-state index in [9.17, 15) is 0 Å². The van der Waals surface area contributed by atoms with E-state index in [1.165, 1.54) is 19.3 Å². The maximum atomic E-state index is 4.36. The normalized spacial score (nSPS) is 14.9. The molecule has 0 fully saturated rings. The van der Waals surface area contributed by atoms with Crippen LogP contribution in [-0.4, -0.2) is 11.0 Å². The quantitative estimate of drug-likeness (QED) is 0.772. The first-order chi connectivity index (χ1) is 7.27. The minimum atomic E-state index is 0.350. The lowest BCUT2D eigenvalue weighted by Gasteiger charge is -2.21. The van der Waals surface area contributed by atoms with Crippen molar-refractivity contribution in [3.05, 3.63) is 30.1 Å². The van der Waals surface area contributed by atoms with E-state index in [0.29, 0.717) is 12.1 Å². The Morgan fingerprint density at radius 1 is 1.33 bits per heavy atom. The van der Waals surface area contributed by atoms with E-state index in [1.54, 1.807) is 0 Å². The lowest BCUT2D eigenvalue weighted by Crippen LogP contribution is -2.31. The number of pyridine rings is 1. The third-order valence-corrected chi connectivity index (χ3v) is 2.75. The van der Waals surface area contributed by atoms with Crippen molar-refractivity contribution in [2.45, 2.75) is 52.1 Å². The maximum Gasteiger partial charge on any atom is 0.0570 e. The molecule has 0 amide bonds. The standard InChI is InChI=1S/C13H22N2/c1-4-8-12(5-2)15-11(3)13-9-6-7-10-14-13/h6-7,9-12,15H,4-5,8H2,1-3H3/t11-,12?/m0/s1. The molecule has 0 aromatic carbocycles. The van der Waals surface area contributed by atoms with Gasteiger partial charge in [-0.3, -0.25) is 4.98 Å². The molecule has 1 rings (SSSR count). The lowest BCUT2D eigenvalue weighted by molar-refractivity contribution is 0.412. The van der Waals surface area contributed by atoms with E-state index in [1.807, 2.05) is 18.3 Å². The molecule has 0 saturated heterocycles. The van der Waals surface area contributed by atoms with Crippen molar-refractivity contribution in [3.8, 4) is 0 Å². The van der Waals surface area contributed by atoms with Crippen LogP contribution >= 0.6 is 0 Å². The fourth-order valence-corrected chi connectivity index (χ4v) is 1.82. The first-order valence-electron chi connectivity index (χ1n) is 5.94. The van der Waals surface area contributed by atoms with Gasteiger partial charge >= 0.3 is 0 Å². The largest absolute Gasteiger partial charge is 0.306 e. The van der Waals surface area contributed by atoms with Crippen LogP contribution in [0.4, 0.5) is 0 Å². The number of hydrogen-bond donors (Lipinski definition) is 1. The second-order valence-electron chi connectivity index (χ2n) is 4.04. The van der Waals surface area contributed by atoms with Gasteiger partial charge in [-0.05, 0) is 31.9 Å². The van der Waals surface area contributed by atoms with Gasteiger partial charge in [0.05, 0.1) is 5.69 Å². The predicted octanol–water partition coefficient (Wildman–Crippen LogP) is 3.31. The molecule has 1 aromatic heterocycles. The van der Waals surface area contributed by atoms with E-state index >= 15 is 0 Å². The summed E-state index contributed by atoms with van der Waals surface area (Å²) in [5, 5.41) is 3.62. The molecule has 0 aliphatic rings. The zero-order valence-electron chi connectivity index (χ0n) is 10.0. The number of nitrogens with one attached hydrogen (secondary N) is 1. The van der Waals surface area contributed by atoms with Crippen LogP contribution in [-0.2, 0) is 0 Å². The second kappa shape index (κ2) is 6.57. The highest BCUT2D eigenvalue weighted by Gasteiger charge is 2.11. The first-order valence-corrected chi connectivity index (χ1v) is 5.94. The van der Waals surface area contributed by atoms with Crippen LogP contribution in [0.1, 0.15) is 51.8 Å². The maximum absolute atomic E-state index is 4.36. The first kappa shape index (κ1) is 12.2. The fraction of sp³-hybridized carbons (Fsp3) is 0.615. The summed E-state index contributed by atoms with van der Waals surface area (Å²) in [5.74, 6) is 0. The van der Waals surface area contributed by atoms with Gasteiger partial charge in [-0.1, -0.05) is 26.3 Å². The topological polar surface area (TPSA) is 24.9 Å². The number of hydrogen-bond acceptors (Lipinski definition) is 2. The van der Waals surface area contributed by atoms with Gasteiger partial charge in [0.25, 0.3) is 0 Å². The van der Waals surface area contributed by atoms with E-state index in [2.05, 4.69) is 37.1 Å². The number of rotatable bonds is 6. The highest BCUT2D eigenvalue weighted by Crippen LogP contribution is 2.12. The molecule has 2 nitrogen and oxygen atoms in total. The van der Waals surface area contributed by atoms with Gasteiger partial charge in [0.2, 0.25) is 0 Å². The summed E-state index contributed by atoms with van der Waals surface area (Å²) in [5.41, 5.74) is 1.13. The highest BCUT2D eigenvalue weighted by atomic mass is 15.0. The Bertz CT molecular complexity index is 258. The minimum absolute atomic E-state index is 0.350. The van der Waals surface area contributed by atoms with Gasteiger partial charge in [0.15, 0.2) is 0 Å². The Morgan fingerprint density at radius 2 is 2.13 bits per heavy atom. The van der Waals surface area contributed by atoms with Crippen LogP contribution in [0, 0.1) is 0 Å². The summed E-state index contributed by atoms with van der Waals surface area (Å²) in [4.78, 5) is 4.36. The number of aromatic nitrogens is 1. The monoisotopic (exact) mass is 206 g/mol. The summed E-state index contributed by atoms with van der Waals surface area (Å²) in [6.07, 6.45) is 5.52. The highest BCUT2D eigenvalue weighted by molar-refractivity contribution is 5.07. The van der Waals surface area contributed by atoms with Crippen LogP contribution in [0.2, 0.25) is 0 Å². The molecule has 0 aliphatic heterocycles. The third-order valence-electron chi connectivity index (χ3n) is 2.75. The molecule has 0 spiro atoms. The summed E-state index contributed by atoms with van der Waals surface area (Å²) in [7, 11) is 0. The molecule has 2 atom stereocenters. The van der Waals surface area contributed by atoms with Crippen molar-refractivity contribution in [3.63, 3.8) is 0 Å². The van der Waals surface area contributed by atoms with Gasteiger partial charge < -0.3 is 5.32 Å². The molecular weight excluding hydrogens is 184 g/mol. The number of nitrogens with zero attached hydrogens (tertiary/aromatic N) is 1. The zero-order chi connectivity index (χ0) is 11.1. The SMILES string of the molecule is CCCC(CC)N[C@@H](C)c1ccccn1. The molecular formula is C13H22N2. The molecule has 15 heavy (non-hydrogen) atoms. The van der Waals surface area contributed by atoms with Crippen LogP contribution < -0.4 is 5.32 Å². The van der Waals surface area contributed by atoms with Crippen molar-refractivity contribution < 1.29 is 0 Å². The van der Waals surface area contributed by atoms with Crippen molar-refractivity contribution in [2.75, 3.05) is 0 Å². The molecule has 1 N–H and O–H groups in total. The van der Waals surface area contributed by atoms with Crippen LogP contribution in [0.15, 0.2) is 24.4 Å². The summed E-state index contributed by atoms with van der Waals surface area (Å²) in [6.45, 7) is 6.65. The van der Waals surface area contributed by atoms with Gasteiger partial charge in [0, 0.05) is 18.3 Å². The average Bonchev–Trinajstić information content (AvgIpc) is 2.29. The Morgan fingerprint density at radius 3 is 2.67 bits per heavy atom. The zero-order valence-corrected chi connectivity index (χ0v) is 10.0. The molecule has 1 unspecified atom stereocenters. The Balaban J connectivity index is 2.50. The Hall–Kier alpha value is -0.890. The summed E-state index contributed by atoms with van der Waals surface area (Å²) < 4.78 is 0. The minimum Gasteiger partial charge on any atom is -0.306 e. The van der Waals surface area contributed by atoms with Crippen molar-refractivity contribution in [1.82, 2.24) is 10.3 Å². The van der Waals surface area contributed by atoms with E-state index in [4.69, 9.17) is 0 Å². The molecule has 0 saturated carbocycles. The van der Waals surface area contributed by atoms with Crippen LogP contribution in [0.25, 0.3) is 0 Å². The van der Waals surface area contributed by atoms with Gasteiger partial charge in [-0.2, -0.15) is 0 Å². The Kier molecular flexibility index (Phi) is 5.33. The van der Waals surface area contributed by atoms with Crippen molar-refractivity contribution >= 4 is 0 Å². The van der Waals surface area contributed by atoms with Crippen LogP contribution in [0.3, 0.4) is 0 Å². The molecule has 1 heterocycles. The third kappa shape index (κ3) is 4.00. The summed E-state index contributed by atoms with van der Waals surface area (Å²) >= 11 is 0. The van der Waals surface area contributed by atoms with Crippen LogP contribution in [0.5, 0.6) is 0 Å². The fourth-order valence-electron chi connectivity index (χ4n) is 1.82. The molecule has 1 aromatic rings. The second-order valence-corrected chi connectivity index (χ2v) is 4.04. The van der Waals surface area contributed by atoms with Crippen molar-refractivity contribution in [1.29, 1.82) is 0 Å². The van der Waals surface area contributed by atoms with E-state index in [0.717, 1.165) is 5.69 Å². The van der Waals surface area contributed by atoms with E-state index in [-0.39, 0.29) is 0 Å². The molecule has 2 heteroatoms. The molecule has 84 valence electrons. The smallest absolute Gasteiger partial charge is 0.0570 e. The predicted molar refractivity (Wildman–Crippen MR) is 64.8 cm³/mol. The Labute approximate surface area is 93.1 Å². The van der Waals surface area contributed by atoms with Crippen molar-refractivity contribution in [2.24, 2.45) is 0 Å². The van der Waals surface area contributed by atoms with Gasteiger partial charge in [-0.15, -0.1) is 0 Å². The van der Waals surface area contributed by atoms with E-state index < -0.39 is 0 Å². The molecule has 0 radical (unpaired) electrons. The average molecular weight is 206 g/mol. The van der Waals surface area contributed by atoms with Gasteiger partial charge in [0.1, 0.15) is 0 Å².